The smallest absolute Gasteiger partial charge is 0.293 e. The van der Waals surface area contributed by atoms with E-state index in [9.17, 15) is 9.90 Å². The first-order valence-corrected chi connectivity index (χ1v) is 7.97. The first-order valence-electron chi connectivity index (χ1n) is 5.59. The Morgan fingerprint density at radius 3 is 2.48 bits per heavy atom. The fourth-order valence-corrected chi connectivity index (χ4v) is 3.27. The SMILES string of the molecule is Cn1cc(Br)c(C(=O)N/N=C/c2cc(Br)c(O)c(Br)c2)n1. The van der Waals surface area contributed by atoms with Crippen LogP contribution in [0.5, 0.6) is 5.75 Å². The van der Waals surface area contributed by atoms with Gasteiger partial charge in [0, 0.05) is 13.2 Å². The van der Waals surface area contributed by atoms with Crippen molar-refractivity contribution in [3.8, 4) is 5.75 Å². The Bertz CT molecular complexity index is 704. The average Bonchev–Trinajstić information content (AvgIpc) is 2.75. The van der Waals surface area contributed by atoms with Gasteiger partial charge in [-0.1, -0.05) is 0 Å². The predicted molar refractivity (Wildman–Crippen MR) is 89.5 cm³/mol. The molecule has 0 saturated heterocycles. The first-order chi connectivity index (χ1) is 9.88. The molecule has 1 aromatic heterocycles. The minimum absolute atomic E-state index is 0.105. The van der Waals surface area contributed by atoms with Crippen molar-refractivity contribution < 1.29 is 9.90 Å². The number of hydrazone groups is 1. The number of phenols is 1. The Hall–Kier alpha value is -1.19. The number of hydrogen-bond acceptors (Lipinski definition) is 4. The second-order valence-corrected chi connectivity index (χ2v) is 6.59. The Balaban J connectivity index is 2.09. The van der Waals surface area contributed by atoms with E-state index in [2.05, 4.69) is 63.4 Å². The van der Waals surface area contributed by atoms with Crippen molar-refractivity contribution in [3.05, 3.63) is 43.0 Å². The van der Waals surface area contributed by atoms with E-state index >= 15 is 0 Å². The van der Waals surface area contributed by atoms with Gasteiger partial charge in [0.1, 0.15) is 5.75 Å². The van der Waals surface area contributed by atoms with E-state index in [-0.39, 0.29) is 11.4 Å². The van der Waals surface area contributed by atoms with Crippen LogP contribution in [0.4, 0.5) is 0 Å². The van der Waals surface area contributed by atoms with Crippen molar-refractivity contribution in [2.75, 3.05) is 0 Å². The lowest BCUT2D eigenvalue weighted by molar-refractivity contribution is 0.0948. The molecule has 2 N–H and O–H groups in total. The second-order valence-electron chi connectivity index (χ2n) is 4.03. The molecule has 0 aliphatic heterocycles. The van der Waals surface area contributed by atoms with E-state index < -0.39 is 5.91 Å². The molecule has 1 amide bonds. The lowest BCUT2D eigenvalue weighted by Gasteiger charge is -2.02. The lowest BCUT2D eigenvalue weighted by Crippen LogP contribution is -2.19. The zero-order valence-electron chi connectivity index (χ0n) is 10.6. The third-order valence-corrected chi connectivity index (χ3v) is 4.21. The molecule has 110 valence electrons. The number of aryl methyl sites for hydroxylation is 1. The molecule has 0 aliphatic carbocycles. The monoisotopic (exact) mass is 478 g/mol. The molecule has 21 heavy (non-hydrogen) atoms. The van der Waals surface area contributed by atoms with Crippen molar-refractivity contribution in [1.29, 1.82) is 0 Å². The number of aromatic hydroxyl groups is 1. The van der Waals surface area contributed by atoms with Crippen LogP contribution in [0.15, 0.2) is 36.8 Å². The van der Waals surface area contributed by atoms with Crippen molar-refractivity contribution in [2.45, 2.75) is 0 Å². The molecule has 0 atom stereocenters. The van der Waals surface area contributed by atoms with Crippen LogP contribution in [0, 0.1) is 0 Å². The summed E-state index contributed by atoms with van der Waals surface area (Å²) in [5.41, 5.74) is 3.34. The third kappa shape index (κ3) is 3.92. The van der Waals surface area contributed by atoms with E-state index in [0.717, 1.165) is 0 Å². The summed E-state index contributed by atoms with van der Waals surface area (Å²) in [6.07, 6.45) is 3.14. The topological polar surface area (TPSA) is 79.5 Å². The van der Waals surface area contributed by atoms with E-state index in [1.807, 2.05) is 0 Å². The van der Waals surface area contributed by atoms with E-state index in [1.54, 1.807) is 25.4 Å². The van der Waals surface area contributed by atoms with Gasteiger partial charge in [-0.25, -0.2) is 5.43 Å². The summed E-state index contributed by atoms with van der Waals surface area (Å²) < 4.78 is 3.17. The Morgan fingerprint density at radius 2 is 1.95 bits per heavy atom. The molecule has 0 bridgehead atoms. The molecule has 0 saturated carbocycles. The molecule has 6 nitrogen and oxygen atoms in total. The quantitative estimate of drug-likeness (QED) is 0.523. The normalized spacial score (nSPS) is 11.0. The van der Waals surface area contributed by atoms with Gasteiger partial charge in [-0.3, -0.25) is 9.48 Å². The van der Waals surface area contributed by atoms with Gasteiger partial charge in [0.05, 0.1) is 19.6 Å². The minimum atomic E-state index is -0.421. The van der Waals surface area contributed by atoms with Crippen LogP contribution in [0.2, 0.25) is 0 Å². The number of carbonyl (C=O) groups excluding carboxylic acids is 1. The van der Waals surface area contributed by atoms with Gasteiger partial charge in [0.2, 0.25) is 0 Å². The Kier molecular flexibility index (Phi) is 5.17. The van der Waals surface area contributed by atoms with Crippen molar-refractivity contribution in [1.82, 2.24) is 15.2 Å². The number of benzene rings is 1. The van der Waals surface area contributed by atoms with Crippen molar-refractivity contribution >= 4 is 59.9 Å². The molecule has 0 fully saturated rings. The maximum absolute atomic E-state index is 11.9. The molecule has 9 heteroatoms. The fraction of sp³-hybridized carbons (Fsp3) is 0.0833. The number of aromatic nitrogens is 2. The number of carbonyl (C=O) groups is 1. The number of rotatable bonds is 3. The van der Waals surface area contributed by atoms with Crippen LogP contribution < -0.4 is 5.43 Å². The summed E-state index contributed by atoms with van der Waals surface area (Å²) in [7, 11) is 1.72. The van der Waals surface area contributed by atoms with E-state index in [0.29, 0.717) is 19.0 Å². The highest BCUT2D eigenvalue weighted by molar-refractivity contribution is 9.11. The molecule has 2 aromatic rings. The summed E-state index contributed by atoms with van der Waals surface area (Å²) >= 11 is 9.68. The highest BCUT2D eigenvalue weighted by Gasteiger charge is 2.13. The maximum atomic E-state index is 11.9. The van der Waals surface area contributed by atoms with E-state index in [1.165, 1.54) is 10.9 Å². The van der Waals surface area contributed by atoms with Crippen molar-refractivity contribution in [2.24, 2.45) is 12.1 Å². The number of halogens is 3. The van der Waals surface area contributed by atoms with Crippen LogP contribution in [-0.2, 0) is 7.05 Å². The fourth-order valence-electron chi connectivity index (χ4n) is 1.49. The zero-order valence-corrected chi connectivity index (χ0v) is 15.4. The third-order valence-electron chi connectivity index (χ3n) is 2.42. The molecule has 1 heterocycles. The van der Waals surface area contributed by atoms with Crippen LogP contribution >= 0.6 is 47.8 Å². The highest BCUT2D eigenvalue weighted by atomic mass is 79.9. The molecular formula is C12H9Br3N4O2. The van der Waals surface area contributed by atoms with Crippen molar-refractivity contribution in [3.63, 3.8) is 0 Å². The van der Waals surface area contributed by atoms with Crippen LogP contribution in [0.1, 0.15) is 16.1 Å². The molecular weight excluding hydrogens is 472 g/mol. The average molecular weight is 481 g/mol. The molecule has 2 rings (SSSR count). The lowest BCUT2D eigenvalue weighted by atomic mass is 10.2. The highest BCUT2D eigenvalue weighted by Crippen LogP contribution is 2.32. The molecule has 0 radical (unpaired) electrons. The van der Waals surface area contributed by atoms with Gasteiger partial charge in [-0.2, -0.15) is 10.2 Å². The summed E-state index contributed by atoms with van der Waals surface area (Å²) in [6, 6.07) is 3.35. The Labute approximate surface area is 145 Å². The maximum Gasteiger partial charge on any atom is 0.293 e. The number of nitrogens with one attached hydrogen (secondary N) is 1. The first kappa shape index (κ1) is 16.2. The van der Waals surface area contributed by atoms with Gasteiger partial charge in [-0.15, -0.1) is 0 Å². The summed E-state index contributed by atoms with van der Waals surface area (Å²) in [5, 5.41) is 17.5. The van der Waals surface area contributed by atoms with Crippen LogP contribution in [0.3, 0.4) is 0 Å². The summed E-state index contributed by atoms with van der Waals surface area (Å²) in [5.74, 6) is -0.316. The summed E-state index contributed by atoms with van der Waals surface area (Å²) in [4.78, 5) is 11.9. The molecule has 0 unspecified atom stereocenters. The molecule has 0 aliphatic rings. The standard InChI is InChI=1S/C12H9Br3N4O2/c1-19-5-9(15)10(18-19)12(21)17-16-4-6-2-7(13)11(20)8(14)3-6/h2-5,20H,1H3,(H,17,21)/b16-4+. The van der Waals surface area contributed by atoms with Gasteiger partial charge < -0.3 is 5.11 Å². The number of hydrogen-bond donors (Lipinski definition) is 2. The van der Waals surface area contributed by atoms with Crippen LogP contribution in [-0.4, -0.2) is 27.0 Å². The number of phenolic OH excluding ortho intramolecular Hbond substituents is 1. The van der Waals surface area contributed by atoms with Gasteiger partial charge in [0.25, 0.3) is 5.91 Å². The predicted octanol–water partition coefficient (Wildman–Crippen LogP) is 3.18. The minimum Gasteiger partial charge on any atom is -0.506 e. The van der Waals surface area contributed by atoms with E-state index in [4.69, 9.17) is 0 Å². The van der Waals surface area contributed by atoms with Gasteiger partial charge in [-0.05, 0) is 65.5 Å². The van der Waals surface area contributed by atoms with Crippen LogP contribution in [0.25, 0.3) is 0 Å². The largest absolute Gasteiger partial charge is 0.506 e. The Morgan fingerprint density at radius 1 is 1.33 bits per heavy atom. The zero-order chi connectivity index (χ0) is 15.6. The van der Waals surface area contributed by atoms with Gasteiger partial charge >= 0.3 is 0 Å². The molecule has 0 spiro atoms. The second kappa shape index (κ2) is 6.71. The summed E-state index contributed by atoms with van der Waals surface area (Å²) in [6.45, 7) is 0. The number of amides is 1. The molecule has 1 aromatic carbocycles. The number of nitrogens with zero attached hydrogens (tertiary/aromatic N) is 3. The van der Waals surface area contributed by atoms with Gasteiger partial charge in [0.15, 0.2) is 5.69 Å².